The van der Waals surface area contributed by atoms with Crippen molar-refractivity contribution in [3.8, 4) is 0 Å². The molecule has 0 aliphatic heterocycles. The van der Waals surface area contributed by atoms with E-state index in [0.29, 0.717) is 16.5 Å². The fraction of sp³-hybridized carbons (Fsp3) is 0.100. The highest BCUT2D eigenvalue weighted by atomic mass is 35.5. The van der Waals surface area contributed by atoms with Gasteiger partial charge in [0.15, 0.2) is 0 Å². The number of anilines is 2. The smallest absolute Gasteiger partial charge is 0.149 e. The van der Waals surface area contributed by atoms with Crippen molar-refractivity contribution in [1.82, 2.24) is 4.98 Å². The molecular formula is C10H10ClN3S. The summed E-state index contributed by atoms with van der Waals surface area (Å²) in [6, 6.07) is 5.76. The molecule has 0 amide bonds. The van der Waals surface area contributed by atoms with E-state index >= 15 is 0 Å². The lowest BCUT2D eigenvalue weighted by Gasteiger charge is -2.06. The minimum absolute atomic E-state index is 0.550. The molecular weight excluding hydrogens is 230 g/mol. The van der Waals surface area contributed by atoms with Gasteiger partial charge in [-0.2, -0.15) is 0 Å². The lowest BCUT2D eigenvalue weighted by atomic mass is 10.4. The number of hydrogen-bond donors (Lipinski definition) is 2. The van der Waals surface area contributed by atoms with Crippen LogP contribution in [0.3, 0.4) is 0 Å². The van der Waals surface area contributed by atoms with Crippen LogP contribution in [0.25, 0.3) is 0 Å². The summed E-state index contributed by atoms with van der Waals surface area (Å²) in [5.74, 6) is 0.674. The van der Waals surface area contributed by atoms with E-state index in [0.717, 1.165) is 6.54 Å². The molecule has 3 nitrogen and oxygen atoms in total. The van der Waals surface area contributed by atoms with E-state index in [9.17, 15) is 0 Å². The van der Waals surface area contributed by atoms with Crippen LogP contribution in [0, 0.1) is 0 Å². The maximum atomic E-state index is 5.75. The molecule has 3 N–H and O–H groups in total. The highest BCUT2D eigenvalue weighted by Gasteiger charge is 2.01. The third kappa shape index (κ3) is 2.61. The van der Waals surface area contributed by atoms with Gasteiger partial charge in [-0.1, -0.05) is 17.7 Å². The molecule has 0 saturated carbocycles. The third-order valence-electron chi connectivity index (χ3n) is 1.89. The number of hydrogen-bond acceptors (Lipinski definition) is 4. The Labute approximate surface area is 96.9 Å². The number of pyridine rings is 1. The predicted octanol–water partition coefficient (Wildman–Crippen LogP) is 2.99. The first kappa shape index (κ1) is 10.3. The van der Waals surface area contributed by atoms with E-state index in [1.54, 1.807) is 23.6 Å². The summed E-state index contributed by atoms with van der Waals surface area (Å²) in [5, 5.41) is 5.75. The van der Waals surface area contributed by atoms with E-state index in [-0.39, 0.29) is 0 Å². The maximum Gasteiger partial charge on any atom is 0.149 e. The molecule has 2 rings (SSSR count). The molecule has 15 heavy (non-hydrogen) atoms. The fourth-order valence-electron chi connectivity index (χ4n) is 1.19. The van der Waals surface area contributed by atoms with Crippen LogP contribution in [0.5, 0.6) is 0 Å². The van der Waals surface area contributed by atoms with Crippen molar-refractivity contribution in [1.29, 1.82) is 0 Å². The highest BCUT2D eigenvalue weighted by Crippen LogP contribution is 2.20. The van der Waals surface area contributed by atoms with Gasteiger partial charge in [-0.25, -0.2) is 4.98 Å². The molecule has 0 bridgehead atoms. The minimum atomic E-state index is 0.550. The zero-order chi connectivity index (χ0) is 10.7. The summed E-state index contributed by atoms with van der Waals surface area (Å²) in [6.07, 6.45) is 1.58. The molecule has 2 aromatic rings. The SMILES string of the molecule is Nc1cc(Cl)cnc1NCc1cccs1. The van der Waals surface area contributed by atoms with Gasteiger partial charge in [0.2, 0.25) is 0 Å². The standard InChI is InChI=1S/C10H10ClN3S/c11-7-4-9(12)10(13-5-7)14-6-8-2-1-3-15-8/h1-5H,6,12H2,(H,13,14). The lowest BCUT2D eigenvalue weighted by Crippen LogP contribution is -2.03. The van der Waals surface area contributed by atoms with Gasteiger partial charge in [-0.15, -0.1) is 11.3 Å². The molecule has 78 valence electrons. The molecule has 0 aliphatic carbocycles. The number of nitrogen functional groups attached to an aromatic ring is 1. The van der Waals surface area contributed by atoms with E-state index in [2.05, 4.69) is 16.4 Å². The van der Waals surface area contributed by atoms with Crippen molar-refractivity contribution in [2.45, 2.75) is 6.54 Å². The molecule has 0 spiro atoms. The molecule has 0 aliphatic rings. The summed E-state index contributed by atoms with van der Waals surface area (Å²) in [4.78, 5) is 5.36. The molecule has 5 heteroatoms. The quantitative estimate of drug-likeness (QED) is 0.866. The predicted molar refractivity (Wildman–Crippen MR) is 65.3 cm³/mol. The second-order valence-corrected chi connectivity index (χ2v) is 4.49. The second-order valence-electron chi connectivity index (χ2n) is 3.02. The third-order valence-corrected chi connectivity index (χ3v) is 2.98. The Kier molecular flexibility index (Phi) is 3.08. The van der Waals surface area contributed by atoms with E-state index in [1.807, 2.05) is 11.4 Å². The average Bonchev–Trinajstić information content (AvgIpc) is 2.69. The van der Waals surface area contributed by atoms with Gasteiger partial charge in [0.1, 0.15) is 5.82 Å². The van der Waals surface area contributed by atoms with Gasteiger partial charge in [0.05, 0.1) is 17.3 Å². The Balaban J connectivity index is 2.05. The Morgan fingerprint density at radius 2 is 2.40 bits per heavy atom. The van der Waals surface area contributed by atoms with E-state index < -0.39 is 0 Å². The van der Waals surface area contributed by atoms with Crippen molar-refractivity contribution >= 4 is 34.4 Å². The largest absolute Gasteiger partial charge is 0.396 e. The van der Waals surface area contributed by atoms with Crippen molar-refractivity contribution in [2.24, 2.45) is 0 Å². The Morgan fingerprint density at radius 3 is 3.07 bits per heavy atom. The van der Waals surface area contributed by atoms with Gasteiger partial charge in [-0.05, 0) is 17.5 Å². The number of rotatable bonds is 3. The molecule has 2 aromatic heterocycles. The van der Waals surface area contributed by atoms with Crippen LogP contribution >= 0.6 is 22.9 Å². The Morgan fingerprint density at radius 1 is 1.53 bits per heavy atom. The van der Waals surface area contributed by atoms with Crippen molar-refractivity contribution < 1.29 is 0 Å². The van der Waals surface area contributed by atoms with Gasteiger partial charge in [0, 0.05) is 11.1 Å². The first-order valence-electron chi connectivity index (χ1n) is 4.43. The van der Waals surface area contributed by atoms with Crippen LogP contribution in [0.2, 0.25) is 5.02 Å². The second kappa shape index (κ2) is 4.51. The van der Waals surface area contributed by atoms with Gasteiger partial charge in [0.25, 0.3) is 0 Å². The van der Waals surface area contributed by atoms with Gasteiger partial charge < -0.3 is 11.1 Å². The average molecular weight is 240 g/mol. The van der Waals surface area contributed by atoms with Crippen molar-refractivity contribution in [3.05, 3.63) is 39.7 Å². The molecule has 0 radical (unpaired) electrons. The van der Waals surface area contributed by atoms with Crippen LogP contribution < -0.4 is 11.1 Å². The van der Waals surface area contributed by atoms with Gasteiger partial charge in [-0.3, -0.25) is 0 Å². The molecule has 0 aromatic carbocycles. The maximum absolute atomic E-state index is 5.75. The van der Waals surface area contributed by atoms with Crippen LogP contribution in [0.15, 0.2) is 29.8 Å². The first-order valence-corrected chi connectivity index (χ1v) is 5.69. The van der Waals surface area contributed by atoms with Crippen LogP contribution in [-0.2, 0) is 6.54 Å². The van der Waals surface area contributed by atoms with Crippen molar-refractivity contribution in [2.75, 3.05) is 11.1 Å². The van der Waals surface area contributed by atoms with Crippen LogP contribution in [-0.4, -0.2) is 4.98 Å². The van der Waals surface area contributed by atoms with Crippen LogP contribution in [0.4, 0.5) is 11.5 Å². The van der Waals surface area contributed by atoms with Crippen molar-refractivity contribution in [3.63, 3.8) is 0 Å². The summed E-state index contributed by atoms with van der Waals surface area (Å²) in [7, 11) is 0. The normalized spacial score (nSPS) is 10.2. The number of thiophene rings is 1. The number of nitrogens with two attached hydrogens (primary N) is 1. The van der Waals surface area contributed by atoms with Gasteiger partial charge >= 0.3 is 0 Å². The van der Waals surface area contributed by atoms with E-state index in [1.165, 1.54) is 4.88 Å². The summed E-state index contributed by atoms with van der Waals surface area (Å²) in [6.45, 7) is 0.733. The summed E-state index contributed by atoms with van der Waals surface area (Å²) >= 11 is 7.44. The van der Waals surface area contributed by atoms with E-state index in [4.69, 9.17) is 17.3 Å². The highest BCUT2D eigenvalue weighted by molar-refractivity contribution is 7.09. The Hall–Kier alpha value is -1.26. The zero-order valence-electron chi connectivity index (χ0n) is 7.90. The number of nitrogens with one attached hydrogen (secondary N) is 1. The molecule has 0 saturated heterocycles. The molecule has 0 fully saturated rings. The molecule has 0 unspecified atom stereocenters. The monoisotopic (exact) mass is 239 g/mol. The summed E-state index contributed by atoms with van der Waals surface area (Å²) in [5.41, 5.74) is 6.32. The van der Waals surface area contributed by atoms with Crippen LogP contribution in [0.1, 0.15) is 4.88 Å². The Bertz CT molecular complexity index is 442. The molecule has 0 atom stereocenters. The number of aromatic nitrogens is 1. The summed E-state index contributed by atoms with van der Waals surface area (Å²) < 4.78 is 0. The molecule has 2 heterocycles. The number of halogens is 1. The topological polar surface area (TPSA) is 50.9 Å². The zero-order valence-corrected chi connectivity index (χ0v) is 9.48. The fourth-order valence-corrected chi connectivity index (χ4v) is 2.00. The first-order chi connectivity index (χ1) is 7.25. The number of nitrogens with zero attached hydrogens (tertiary/aromatic N) is 1. The minimum Gasteiger partial charge on any atom is -0.396 e. The lowest BCUT2D eigenvalue weighted by molar-refractivity contribution is 1.14.